The number of likely N-dealkylation sites (tertiary alicyclic amines) is 1. The average molecular weight is 472 g/mol. The number of nitrogens with zero attached hydrogens (tertiary/aromatic N) is 3. The maximum absolute atomic E-state index is 12.6. The van der Waals surface area contributed by atoms with Gasteiger partial charge < -0.3 is 10.2 Å². The summed E-state index contributed by atoms with van der Waals surface area (Å²) in [5.41, 5.74) is 0.620. The van der Waals surface area contributed by atoms with Crippen LogP contribution in [0.15, 0.2) is 22.7 Å². The number of anilines is 1. The van der Waals surface area contributed by atoms with Gasteiger partial charge in [0.05, 0.1) is 23.8 Å². The molecule has 1 unspecified atom stereocenters. The Bertz CT molecular complexity index is 709. The van der Waals surface area contributed by atoms with Gasteiger partial charge in [-0.1, -0.05) is 27.5 Å². The van der Waals surface area contributed by atoms with Crippen molar-refractivity contribution in [3.8, 4) is 0 Å². The van der Waals surface area contributed by atoms with E-state index in [2.05, 4.69) is 38.0 Å². The summed E-state index contributed by atoms with van der Waals surface area (Å²) >= 11 is 9.51. The minimum atomic E-state index is -0.0732. The van der Waals surface area contributed by atoms with Gasteiger partial charge in [-0.15, -0.1) is 0 Å². The molecule has 2 fully saturated rings. The zero-order valence-corrected chi connectivity index (χ0v) is 18.6. The molecule has 2 amide bonds. The third kappa shape index (κ3) is 5.92. The standard InChI is InChI=1S/C20H28BrClN4O2/c1-15-4-2-3-7-26(15)20(28)14-25-10-8-24(9-11-25)13-19(27)23-18-6-5-16(21)12-17(18)22/h5-6,12,15H,2-4,7-11,13-14H2,1H3,(H,23,27). The van der Waals surface area contributed by atoms with Crippen molar-refractivity contribution >= 4 is 45.0 Å². The number of amides is 2. The first-order chi connectivity index (χ1) is 13.4. The van der Waals surface area contributed by atoms with Crippen molar-refractivity contribution in [3.05, 3.63) is 27.7 Å². The third-order valence-electron chi connectivity index (χ3n) is 5.52. The van der Waals surface area contributed by atoms with E-state index in [1.807, 2.05) is 11.0 Å². The van der Waals surface area contributed by atoms with Crippen molar-refractivity contribution in [2.45, 2.75) is 32.2 Å². The van der Waals surface area contributed by atoms with E-state index in [0.29, 0.717) is 29.8 Å². The Balaban J connectivity index is 1.41. The molecule has 1 N–H and O–H groups in total. The van der Waals surface area contributed by atoms with Gasteiger partial charge in [0.25, 0.3) is 0 Å². The molecule has 0 aromatic heterocycles. The molecule has 154 valence electrons. The molecule has 1 aromatic carbocycles. The Morgan fingerprint density at radius 3 is 2.43 bits per heavy atom. The molecule has 1 atom stereocenters. The lowest BCUT2D eigenvalue weighted by Crippen LogP contribution is -2.53. The lowest BCUT2D eigenvalue weighted by Gasteiger charge is -2.37. The number of hydrogen-bond acceptors (Lipinski definition) is 4. The van der Waals surface area contributed by atoms with Gasteiger partial charge in [0, 0.05) is 43.2 Å². The van der Waals surface area contributed by atoms with Gasteiger partial charge in [-0.05, 0) is 44.4 Å². The summed E-state index contributed by atoms with van der Waals surface area (Å²) in [6, 6.07) is 5.75. The van der Waals surface area contributed by atoms with Crippen molar-refractivity contribution in [2.24, 2.45) is 0 Å². The maximum atomic E-state index is 12.6. The molecule has 2 aliphatic heterocycles. The Kier molecular flexibility index (Phi) is 7.74. The van der Waals surface area contributed by atoms with E-state index >= 15 is 0 Å². The molecule has 0 spiro atoms. The highest BCUT2D eigenvalue weighted by Gasteiger charge is 2.26. The Morgan fingerprint density at radius 2 is 1.79 bits per heavy atom. The van der Waals surface area contributed by atoms with Crippen molar-refractivity contribution < 1.29 is 9.59 Å². The Labute approximate surface area is 180 Å². The van der Waals surface area contributed by atoms with Gasteiger partial charge in [0.15, 0.2) is 0 Å². The summed E-state index contributed by atoms with van der Waals surface area (Å²) in [7, 11) is 0. The molecule has 2 saturated heterocycles. The number of halogens is 2. The molecule has 0 saturated carbocycles. The van der Waals surface area contributed by atoms with Crippen molar-refractivity contribution in [1.82, 2.24) is 14.7 Å². The fraction of sp³-hybridized carbons (Fsp3) is 0.600. The smallest absolute Gasteiger partial charge is 0.238 e. The van der Waals surface area contributed by atoms with Crippen LogP contribution < -0.4 is 5.32 Å². The molecule has 3 rings (SSSR count). The molecule has 2 heterocycles. The van der Waals surface area contributed by atoms with Crippen LogP contribution in [-0.4, -0.2) is 78.4 Å². The fourth-order valence-corrected chi connectivity index (χ4v) is 4.56. The van der Waals surface area contributed by atoms with Crippen molar-refractivity contribution in [1.29, 1.82) is 0 Å². The first-order valence-corrected chi connectivity index (χ1v) is 11.1. The molecular formula is C20H28BrClN4O2. The van der Waals surface area contributed by atoms with Crippen LogP contribution in [0.4, 0.5) is 5.69 Å². The fourth-order valence-electron chi connectivity index (χ4n) is 3.84. The van der Waals surface area contributed by atoms with E-state index in [4.69, 9.17) is 11.6 Å². The number of carbonyl (C=O) groups is 2. The zero-order chi connectivity index (χ0) is 20.1. The topological polar surface area (TPSA) is 55.9 Å². The predicted molar refractivity (Wildman–Crippen MR) is 116 cm³/mol. The molecule has 2 aliphatic rings. The van der Waals surface area contributed by atoms with E-state index < -0.39 is 0 Å². The highest BCUT2D eigenvalue weighted by atomic mass is 79.9. The first-order valence-electron chi connectivity index (χ1n) is 9.91. The lowest BCUT2D eigenvalue weighted by molar-refractivity contribution is -0.136. The van der Waals surface area contributed by atoms with Crippen LogP contribution in [-0.2, 0) is 9.59 Å². The number of piperazine rings is 1. The first kappa shape index (κ1) is 21.6. The minimum absolute atomic E-state index is 0.0732. The quantitative estimate of drug-likeness (QED) is 0.717. The monoisotopic (exact) mass is 470 g/mol. The SMILES string of the molecule is CC1CCCCN1C(=O)CN1CCN(CC(=O)Nc2ccc(Br)cc2Cl)CC1. The lowest BCUT2D eigenvalue weighted by atomic mass is 10.0. The molecule has 0 radical (unpaired) electrons. The zero-order valence-electron chi connectivity index (χ0n) is 16.3. The van der Waals surface area contributed by atoms with Gasteiger partial charge in [0.1, 0.15) is 0 Å². The summed E-state index contributed by atoms with van der Waals surface area (Å²) in [6.07, 6.45) is 3.44. The van der Waals surface area contributed by atoms with E-state index in [0.717, 1.165) is 50.0 Å². The highest BCUT2D eigenvalue weighted by molar-refractivity contribution is 9.10. The third-order valence-corrected chi connectivity index (χ3v) is 6.33. The molecule has 6 nitrogen and oxygen atoms in total. The van der Waals surface area contributed by atoms with Crippen LogP contribution in [0.5, 0.6) is 0 Å². The Morgan fingerprint density at radius 1 is 1.11 bits per heavy atom. The number of nitrogens with one attached hydrogen (secondary N) is 1. The van der Waals surface area contributed by atoms with Gasteiger partial charge in [-0.25, -0.2) is 0 Å². The second-order valence-corrected chi connectivity index (χ2v) is 8.98. The number of carbonyl (C=O) groups excluding carboxylic acids is 2. The van der Waals surface area contributed by atoms with Gasteiger partial charge >= 0.3 is 0 Å². The highest BCUT2D eigenvalue weighted by Crippen LogP contribution is 2.25. The molecule has 28 heavy (non-hydrogen) atoms. The van der Waals surface area contributed by atoms with Crippen LogP contribution in [0.25, 0.3) is 0 Å². The number of piperidine rings is 1. The van der Waals surface area contributed by atoms with Crippen LogP contribution in [0.3, 0.4) is 0 Å². The van der Waals surface area contributed by atoms with Gasteiger partial charge in [0.2, 0.25) is 11.8 Å². The Hall–Kier alpha value is -1.15. The molecule has 0 bridgehead atoms. The number of hydrogen-bond donors (Lipinski definition) is 1. The summed E-state index contributed by atoms with van der Waals surface area (Å²) < 4.78 is 0.875. The molecule has 0 aliphatic carbocycles. The van der Waals surface area contributed by atoms with E-state index in [1.54, 1.807) is 12.1 Å². The van der Waals surface area contributed by atoms with Crippen LogP contribution >= 0.6 is 27.5 Å². The minimum Gasteiger partial charge on any atom is -0.339 e. The average Bonchev–Trinajstić information content (AvgIpc) is 2.66. The largest absolute Gasteiger partial charge is 0.339 e. The van der Waals surface area contributed by atoms with E-state index in [-0.39, 0.29) is 11.8 Å². The maximum Gasteiger partial charge on any atom is 0.238 e. The van der Waals surface area contributed by atoms with Crippen molar-refractivity contribution in [3.63, 3.8) is 0 Å². The summed E-state index contributed by atoms with van der Waals surface area (Å²) in [5.74, 6) is 0.166. The summed E-state index contributed by atoms with van der Waals surface area (Å²) in [4.78, 5) is 31.3. The van der Waals surface area contributed by atoms with E-state index in [9.17, 15) is 9.59 Å². The van der Waals surface area contributed by atoms with Crippen molar-refractivity contribution in [2.75, 3.05) is 51.1 Å². The molecule has 8 heteroatoms. The second kappa shape index (κ2) is 10.1. The molecule has 1 aromatic rings. The number of rotatable bonds is 5. The molecular weight excluding hydrogens is 444 g/mol. The number of benzene rings is 1. The second-order valence-electron chi connectivity index (χ2n) is 7.66. The van der Waals surface area contributed by atoms with Crippen LogP contribution in [0.2, 0.25) is 5.02 Å². The van der Waals surface area contributed by atoms with E-state index in [1.165, 1.54) is 6.42 Å². The summed E-state index contributed by atoms with van der Waals surface area (Å²) in [5, 5.41) is 3.38. The summed E-state index contributed by atoms with van der Waals surface area (Å²) in [6.45, 7) is 7.02. The van der Waals surface area contributed by atoms with Gasteiger partial charge in [-0.2, -0.15) is 0 Å². The van der Waals surface area contributed by atoms with Crippen LogP contribution in [0, 0.1) is 0 Å². The van der Waals surface area contributed by atoms with Gasteiger partial charge in [-0.3, -0.25) is 19.4 Å². The predicted octanol–water partition coefficient (Wildman–Crippen LogP) is 3.06. The van der Waals surface area contributed by atoms with Crippen LogP contribution in [0.1, 0.15) is 26.2 Å². The normalized spacial score (nSPS) is 21.5.